The van der Waals surface area contributed by atoms with E-state index in [9.17, 15) is 9.59 Å². The van der Waals surface area contributed by atoms with Crippen LogP contribution < -0.4 is 15.4 Å². The summed E-state index contributed by atoms with van der Waals surface area (Å²) in [6, 6.07) is 5.07. The van der Waals surface area contributed by atoms with Crippen molar-refractivity contribution in [1.29, 1.82) is 0 Å². The van der Waals surface area contributed by atoms with Crippen LogP contribution in [0.4, 0.5) is 11.4 Å². The molecule has 1 amide bonds. The predicted octanol–water partition coefficient (Wildman–Crippen LogP) is 4.84. The molecule has 0 saturated carbocycles. The third-order valence-electron chi connectivity index (χ3n) is 6.44. The summed E-state index contributed by atoms with van der Waals surface area (Å²) in [5, 5.41) is 6.89. The maximum atomic E-state index is 11.6. The average molecular weight is 466 g/mol. The van der Waals surface area contributed by atoms with Crippen LogP contribution in [-0.2, 0) is 14.3 Å². The minimum absolute atomic E-state index is 0.0901. The van der Waals surface area contributed by atoms with Crippen molar-refractivity contribution in [3.8, 4) is 5.75 Å². The highest BCUT2D eigenvalue weighted by Crippen LogP contribution is 2.39. The molecule has 0 aromatic heterocycles. The van der Waals surface area contributed by atoms with Crippen LogP contribution in [0.5, 0.6) is 5.75 Å². The first-order chi connectivity index (χ1) is 15.4. The second kappa shape index (κ2) is 11.8. The van der Waals surface area contributed by atoms with E-state index in [0.717, 1.165) is 37.9 Å². The quantitative estimate of drug-likeness (QED) is 0.380. The lowest BCUT2D eigenvalue weighted by Gasteiger charge is -2.49. The summed E-state index contributed by atoms with van der Waals surface area (Å²) < 4.78 is 10.6. The van der Waals surface area contributed by atoms with Gasteiger partial charge in [0.05, 0.1) is 30.1 Å². The molecule has 8 heteroatoms. The number of nitrogens with zero attached hydrogens (tertiary/aromatic N) is 1. The number of piperidine rings is 2. The van der Waals surface area contributed by atoms with E-state index < -0.39 is 0 Å². The van der Waals surface area contributed by atoms with Crippen molar-refractivity contribution in [2.45, 2.75) is 83.3 Å². The number of esters is 1. The Hall–Kier alpha value is -1.99. The number of unbranched alkanes of at least 4 members (excludes halogenated alkanes) is 1. The first-order valence-electron chi connectivity index (χ1n) is 11.7. The standard InChI is InChI=1S/C24H36ClN3O4/c1-4-32-24(30)10-5-6-11-28-18-8-7-9-19(28)13-17(12-18)27-22-14-20(25)21(26-16(2)29)15-23(22)31-3/h14-15,17-19,27H,4-13H2,1-3H3,(H,26,29). The van der Waals surface area contributed by atoms with Crippen LogP contribution in [0.15, 0.2) is 12.1 Å². The van der Waals surface area contributed by atoms with Crippen LogP contribution in [0.1, 0.15) is 65.2 Å². The number of halogens is 1. The van der Waals surface area contributed by atoms with Gasteiger partial charge in [0, 0.05) is 37.5 Å². The summed E-state index contributed by atoms with van der Waals surface area (Å²) in [5.41, 5.74) is 1.41. The summed E-state index contributed by atoms with van der Waals surface area (Å²) in [6.45, 7) is 4.80. The van der Waals surface area contributed by atoms with Gasteiger partial charge >= 0.3 is 5.97 Å². The molecule has 2 saturated heterocycles. The van der Waals surface area contributed by atoms with Crippen molar-refractivity contribution in [1.82, 2.24) is 4.90 Å². The molecular weight excluding hydrogens is 430 g/mol. The van der Waals surface area contributed by atoms with E-state index in [1.807, 2.05) is 13.0 Å². The molecule has 7 nitrogen and oxygen atoms in total. The third kappa shape index (κ3) is 6.51. The Balaban J connectivity index is 1.58. The van der Waals surface area contributed by atoms with Gasteiger partial charge < -0.3 is 20.1 Å². The highest BCUT2D eigenvalue weighted by molar-refractivity contribution is 6.34. The van der Waals surface area contributed by atoms with E-state index in [1.54, 1.807) is 13.2 Å². The number of anilines is 2. The van der Waals surface area contributed by atoms with Gasteiger partial charge in [-0.15, -0.1) is 0 Å². The lowest BCUT2D eigenvalue weighted by atomic mass is 9.81. The topological polar surface area (TPSA) is 79.9 Å². The smallest absolute Gasteiger partial charge is 0.305 e. The van der Waals surface area contributed by atoms with Gasteiger partial charge in [-0.05, 0) is 58.1 Å². The average Bonchev–Trinajstić information content (AvgIpc) is 2.73. The number of carbonyl (C=O) groups excluding carboxylic acids is 2. The van der Waals surface area contributed by atoms with E-state index >= 15 is 0 Å². The molecule has 1 aromatic rings. The molecule has 2 N–H and O–H groups in total. The minimum Gasteiger partial charge on any atom is -0.495 e. The van der Waals surface area contributed by atoms with Crippen molar-refractivity contribution in [3.63, 3.8) is 0 Å². The first-order valence-corrected chi connectivity index (χ1v) is 12.1. The van der Waals surface area contributed by atoms with Crippen molar-refractivity contribution < 1.29 is 19.1 Å². The van der Waals surface area contributed by atoms with Gasteiger partial charge in [0.15, 0.2) is 0 Å². The van der Waals surface area contributed by atoms with Gasteiger partial charge in [-0.1, -0.05) is 18.0 Å². The van der Waals surface area contributed by atoms with Gasteiger partial charge in [-0.25, -0.2) is 0 Å². The van der Waals surface area contributed by atoms with Crippen molar-refractivity contribution in [3.05, 3.63) is 17.2 Å². The Bertz CT molecular complexity index is 790. The highest BCUT2D eigenvalue weighted by Gasteiger charge is 2.38. The van der Waals surface area contributed by atoms with Crippen LogP contribution >= 0.6 is 11.6 Å². The number of methoxy groups -OCH3 is 1. The number of benzene rings is 1. The van der Waals surface area contributed by atoms with Crippen molar-refractivity contribution in [2.24, 2.45) is 0 Å². The Morgan fingerprint density at radius 2 is 1.88 bits per heavy atom. The summed E-state index contributed by atoms with van der Waals surface area (Å²) in [7, 11) is 1.62. The zero-order chi connectivity index (χ0) is 23.1. The molecule has 2 unspecified atom stereocenters. The Morgan fingerprint density at radius 3 is 2.50 bits per heavy atom. The molecule has 2 aliphatic rings. The largest absolute Gasteiger partial charge is 0.495 e. The van der Waals surface area contributed by atoms with E-state index in [4.69, 9.17) is 21.1 Å². The molecule has 2 fully saturated rings. The molecule has 0 spiro atoms. The van der Waals surface area contributed by atoms with Crippen LogP contribution in [-0.4, -0.2) is 55.2 Å². The molecule has 2 aliphatic heterocycles. The number of nitrogens with one attached hydrogen (secondary N) is 2. The molecule has 0 aliphatic carbocycles. The summed E-state index contributed by atoms with van der Waals surface area (Å²) in [4.78, 5) is 25.6. The highest BCUT2D eigenvalue weighted by atomic mass is 35.5. The minimum atomic E-state index is -0.169. The lowest BCUT2D eigenvalue weighted by molar-refractivity contribution is -0.143. The molecule has 2 bridgehead atoms. The van der Waals surface area contributed by atoms with Gasteiger partial charge in [0.25, 0.3) is 0 Å². The van der Waals surface area contributed by atoms with Gasteiger partial charge in [-0.3, -0.25) is 14.5 Å². The fraction of sp³-hybridized carbons (Fsp3) is 0.667. The monoisotopic (exact) mass is 465 g/mol. The maximum Gasteiger partial charge on any atom is 0.305 e. The SMILES string of the molecule is CCOC(=O)CCCCN1C2CCCC1CC(Nc1cc(Cl)c(NC(C)=O)cc1OC)C2. The zero-order valence-corrected chi connectivity index (χ0v) is 20.2. The van der Waals surface area contributed by atoms with Crippen LogP contribution in [0.25, 0.3) is 0 Å². The fourth-order valence-electron chi connectivity index (χ4n) is 5.10. The second-order valence-corrected chi connectivity index (χ2v) is 9.17. The Kier molecular flexibility index (Phi) is 9.05. The molecule has 2 heterocycles. The predicted molar refractivity (Wildman–Crippen MR) is 128 cm³/mol. The van der Waals surface area contributed by atoms with Crippen LogP contribution in [0.2, 0.25) is 5.02 Å². The molecule has 3 rings (SSSR count). The number of fused-ring (bicyclic) bond motifs is 2. The van der Waals surface area contributed by atoms with E-state index in [0.29, 0.717) is 47.6 Å². The number of hydrogen-bond donors (Lipinski definition) is 2. The second-order valence-electron chi connectivity index (χ2n) is 8.76. The van der Waals surface area contributed by atoms with Crippen molar-refractivity contribution >= 4 is 34.9 Å². The fourth-order valence-corrected chi connectivity index (χ4v) is 5.31. The summed E-state index contributed by atoms with van der Waals surface area (Å²) in [6.07, 6.45) is 8.27. The first kappa shape index (κ1) is 24.6. The van der Waals surface area contributed by atoms with E-state index in [-0.39, 0.29) is 11.9 Å². The van der Waals surface area contributed by atoms with Gasteiger partial charge in [0.1, 0.15) is 5.75 Å². The molecule has 178 valence electrons. The number of ether oxygens (including phenoxy) is 2. The number of rotatable bonds is 10. The van der Waals surface area contributed by atoms with E-state index in [2.05, 4.69) is 15.5 Å². The van der Waals surface area contributed by atoms with Crippen LogP contribution in [0.3, 0.4) is 0 Å². The van der Waals surface area contributed by atoms with E-state index in [1.165, 1.54) is 26.2 Å². The number of hydrogen-bond acceptors (Lipinski definition) is 6. The molecule has 2 atom stereocenters. The number of amides is 1. The Morgan fingerprint density at radius 1 is 1.16 bits per heavy atom. The molecule has 1 aromatic carbocycles. The molecular formula is C24H36ClN3O4. The maximum absolute atomic E-state index is 11.6. The molecule has 0 radical (unpaired) electrons. The third-order valence-corrected chi connectivity index (χ3v) is 6.75. The van der Waals surface area contributed by atoms with Crippen molar-refractivity contribution in [2.75, 3.05) is 30.9 Å². The Labute approximate surface area is 196 Å². The zero-order valence-electron chi connectivity index (χ0n) is 19.4. The summed E-state index contributed by atoms with van der Waals surface area (Å²) in [5.74, 6) is 0.412. The number of carbonyl (C=O) groups is 2. The molecule has 32 heavy (non-hydrogen) atoms. The summed E-state index contributed by atoms with van der Waals surface area (Å²) >= 11 is 6.40. The lowest BCUT2D eigenvalue weighted by Crippen LogP contribution is -2.55. The van der Waals surface area contributed by atoms with Gasteiger partial charge in [0.2, 0.25) is 5.91 Å². The normalized spacial score (nSPS) is 22.8. The van der Waals surface area contributed by atoms with Crippen LogP contribution in [0, 0.1) is 0 Å². The van der Waals surface area contributed by atoms with Gasteiger partial charge in [-0.2, -0.15) is 0 Å².